The maximum atomic E-state index is 12.7. The number of fused-ring (bicyclic) bond motifs is 1. The van der Waals surface area contributed by atoms with Crippen LogP contribution in [0.3, 0.4) is 0 Å². The molecule has 0 saturated carbocycles. The van der Waals surface area contributed by atoms with E-state index in [1.54, 1.807) is 25.1 Å². The van der Waals surface area contributed by atoms with Crippen molar-refractivity contribution < 1.29 is 13.2 Å². The van der Waals surface area contributed by atoms with Gasteiger partial charge in [0.05, 0.1) is 18.0 Å². The number of carbonyl (C=O) groups excluding carboxylic acids is 1. The third kappa shape index (κ3) is 4.89. The van der Waals surface area contributed by atoms with Crippen LogP contribution in [0, 0.1) is 6.92 Å². The molecular formula is C21H26N2O3S. The molecule has 0 fully saturated rings. The molecule has 0 spiro atoms. The van der Waals surface area contributed by atoms with Gasteiger partial charge in [0, 0.05) is 5.56 Å². The van der Waals surface area contributed by atoms with Gasteiger partial charge in [-0.15, -0.1) is 0 Å². The summed E-state index contributed by atoms with van der Waals surface area (Å²) in [5.41, 5.74) is 5.50. The molecule has 0 heterocycles. The van der Waals surface area contributed by atoms with Crippen molar-refractivity contribution in [3.05, 3.63) is 64.2 Å². The fourth-order valence-electron chi connectivity index (χ4n) is 3.46. The molecule has 2 aromatic carbocycles. The number of benzene rings is 2. The largest absolute Gasteiger partial charge is 0.346 e. The lowest BCUT2D eigenvalue weighted by molar-refractivity contribution is 0.0940. The Labute approximate surface area is 161 Å². The Morgan fingerprint density at radius 2 is 1.74 bits per heavy atom. The average molecular weight is 387 g/mol. The van der Waals surface area contributed by atoms with E-state index in [1.165, 1.54) is 24.0 Å². The molecule has 5 nitrogen and oxygen atoms in total. The first-order chi connectivity index (χ1) is 12.7. The number of sulfonamides is 1. The van der Waals surface area contributed by atoms with E-state index in [9.17, 15) is 13.2 Å². The fraction of sp³-hybridized carbons (Fsp3) is 0.381. The molecule has 1 atom stereocenters. The minimum Gasteiger partial charge on any atom is -0.346 e. The van der Waals surface area contributed by atoms with Crippen LogP contribution < -0.4 is 10.0 Å². The molecule has 6 heteroatoms. The van der Waals surface area contributed by atoms with Crippen molar-refractivity contribution in [2.24, 2.45) is 0 Å². The van der Waals surface area contributed by atoms with Gasteiger partial charge < -0.3 is 5.32 Å². The smallest absolute Gasteiger partial charge is 0.251 e. The minimum atomic E-state index is -3.40. The molecule has 144 valence electrons. The maximum absolute atomic E-state index is 12.7. The molecule has 1 aliphatic carbocycles. The van der Waals surface area contributed by atoms with Gasteiger partial charge in [-0.25, -0.2) is 8.42 Å². The zero-order chi connectivity index (χ0) is 19.6. The number of amides is 1. The molecule has 0 aliphatic heterocycles. The van der Waals surface area contributed by atoms with Crippen LogP contribution >= 0.6 is 0 Å². The second-order valence-electron chi connectivity index (χ2n) is 7.33. The van der Waals surface area contributed by atoms with Gasteiger partial charge in [0.25, 0.3) is 5.91 Å². The van der Waals surface area contributed by atoms with Crippen molar-refractivity contribution in [2.75, 3.05) is 11.0 Å². The molecular weight excluding hydrogens is 360 g/mol. The number of carbonyl (C=O) groups is 1. The molecule has 0 saturated heterocycles. The Kier molecular flexibility index (Phi) is 5.56. The van der Waals surface area contributed by atoms with Crippen molar-refractivity contribution in [1.29, 1.82) is 0 Å². The van der Waals surface area contributed by atoms with E-state index in [1.807, 2.05) is 6.92 Å². The molecule has 0 bridgehead atoms. The normalized spacial score (nSPS) is 14.9. The average Bonchev–Trinajstić information content (AvgIpc) is 2.62. The van der Waals surface area contributed by atoms with Crippen molar-refractivity contribution in [3.63, 3.8) is 0 Å². The van der Waals surface area contributed by atoms with Gasteiger partial charge in [-0.3, -0.25) is 9.52 Å². The topological polar surface area (TPSA) is 75.3 Å². The van der Waals surface area contributed by atoms with Crippen LogP contribution in [0.5, 0.6) is 0 Å². The summed E-state index contributed by atoms with van der Waals surface area (Å²) < 4.78 is 25.5. The zero-order valence-corrected chi connectivity index (χ0v) is 16.8. The predicted octanol–water partition coefficient (Wildman–Crippen LogP) is 3.74. The van der Waals surface area contributed by atoms with E-state index in [0.717, 1.165) is 30.2 Å². The number of hydrogen-bond donors (Lipinski definition) is 2. The summed E-state index contributed by atoms with van der Waals surface area (Å²) >= 11 is 0. The second-order valence-corrected chi connectivity index (χ2v) is 9.08. The summed E-state index contributed by atoms with van der Waals surface area (Å²) in [6.07, 6.45) is 5.79. The molecule has 27 heavy (non-hydrogen) atoms. The Morgan fingerprint density at radius 1 is 1.04 bits per heavy atom. The molecule has 0 aromatic heterocycles. The Balaban J connectivity index is 1.76. The molecule has 1 amide bonds. The van der Waals surface area contributed by atoms with Crippen LogP contribution in [-0.4, -0.2) is 20.6 Å². The van der Waals surface area contributed by atoms with Crippen molar-refractivity contribution in [3.8, 4) is 0 Å². The van der Waals surface area contributed by atoms with Gasteiger partial charge in [0.15, 0.2) is 0 Å². The highest BCUT2D eigenvalue weighted by molar-refractivity contribution is 7.92. The summed E-state index contributed by atoms with van der Waals surface area (Å²) in [4.78, 5) is 12.7. The van der Waals surface area contributed by atoms with Crippen LogP contribution in [0.15, 0.2) is 36.4 Å². The predicted molar refractivity (Wildman–Crippen MR) is 109 cm³/mol. The van der Waals surface area contributed by atoms with Crippen LogP contribution in [0.4, 0.5) is 5.69 Å². The summed E-state index contributed by atoms with van der Waals surface area (Å²) in [6.45, 7) is 3.76. The number of anilines is 1. The van der Waals surface area contributed by atoms with Gasteiger partial charge >= 0.3 is 0 Å². The third-order valence-corrected chi connectivity index (χ3v) is 5.61. The van der Waals surface area contributed by atoms with E-state index in [-0.39, 0.29) is 11.9 Å². The summed E-state index contributed by atoms with van der Waals surface area (Å²) in [6, 6.07) is 11.4. The van der Waals surface area contributed by atoms with Crippen LogP contribution in [-0.2, 0) is 22.9 Å². The molecule has 0 radical (unpaired) electrons. The molecule has 1 unspecified atom stereocenters. The van der Waals surface area contributed by atoms with Crippen LogP contribution in [0.1, 0.15) is 58.4 Å². The molecule has 2 N–H and O–H groups in total. The SMILES string of the molecule is Cc1ccc(C(=O)NC(C)c2ccc3c(c2)CCCC3)cc1NS(C)(=O)=O. The highest BCUT2D eigenvalue weighted by Crippen LogP contribution is 2.25. The number of aryl methyl sites for hydroxylation is 3. The summed E-state index contributed by atoms with van der Waals surface area (Å²) in [5, 5.41) is 3.01. The van der Waals surface area contributed by atoms with E-state index in [0.29, 0.717) is 11.3 Å². The first-order valence-electron chi connectivity index (χ1n) is 9.24. The monoisotopic (exact) mass is 386 g/mol. The molecule has 3 rings (SSSR count). The van der Waals surface area contributed by atoms with Crippen LogP contribution in [0.25, 0.3) is 0 Å². The van der Waals surface area contributed by atoms with Gasteiger partial charge in [-0.2, -0.15) is 0 Å². The van der Waals surface area contributed by atoms with E-state index >= 15 is 0 Å². The zero-order valence-electron chi connectivity index (χ0n) is 16.0. The van der Waals surface area contributed by atoms with E-state index < -0.39 is 10.0 Å². The first-order valence-corrected chi connectivity index (χ1v) is 11.1. The van der Waals surface area contributed by atoms with Gasteiger partial charge in [0.1, 0.15) is 0 Å². The van der Waals surface area contributed by atoms with E-state index in [4.69, 9.17) is 0 Å². The highest BCUT2D eigenvalue weighted by Gasteiger charge is 2.16. The number of nitrogens with one attached hydrogen (secondary N) is 2. The molecule has 1 aliphatic rings. The Bertz CT molecular complexity index is 967. The number of rotatable bonds is 5. The highest BCUT2D eigenvalue weighted by atomic mass is 32.2. The van der Waals surface area contributed by atoms with Crippen molar-refractivity contribution in [1.82, 2.24) is 5.32 Å². The Hall–Kier alpha value is -2.34. The van der Waals surface area contributed by atoms with E-state index in [2.05, 4.69) is 28.2 Å². The van der Waals surface area contributed by atoms with Gasteiger partial charge in [-0.1, -0.05) is 24.3 Å². The van der Waals surface area contributed by atoms with Crippen molar-refractivity contribution >= 4 is 21.6 Å². The van der Waals surface area contributed by atoms with Gasteiger partial charge in [-0.05, 0) is 73.9 Å². The molecule has 2 aromatic rings. The minimum absolute atomic E-state index is 0.127. The van der Waals surface area contributed by atoms with Gasteiger partial charge in [0.2, 0.25) is 10.0 Å². The lowest BCUT2D eigenvalue weighted by atomic mass is 9.89. The third-order valence-electron chi connectivity index (χ3n) is 5.02. The number of hydrogen-bond acceptors (Lipinski definition) is 3. The lowest BCUT2D eigenvalue weighted by Crippen LogP contribution is -2.27. The first kappa shape index (κ1) is 19.4. The quantitative estimate of drug-likeness (QED) is 0.822. The van der Waals surface area contributed by atoms with Crippen LogP contribution in [0.2, 0.25) is 0 Å². The lowest BCUT2D eigenvalue weighted by Gasteiger charge is -2.20. The summed E-state index contributed by atoms with van der Waals surface area (Å²) in [7, 11) is -3.40. The standard InChI is InChI=1S/C21H26N2O3S/c1-14-8-9-19(13-20(14)23-27(3,25)26)21(24)22-15(2)17-11-10-16-6-4-5-7-18(16)12-17/h8-13,15,23H,4-7H2,1-3H3,(H,22,24). The second kappa shape index (κ2) is 7.72. The maximum Gasteiger partial charge on any atom is 0.251 e. The fourth-order valence-corrected chi connectivity index (χ4v) is 4.08. The van der Waals surface area contributed by atoms with Crippen molar-refractivity contribution in [2.45, 2.75) is 45.6 Å². The summed E-state index contributed by atoms with van der Waals surface area (Å²) in [5.74, 6) is -0.225. The Morgan fingerprint density at radius 3 is 2.44 bits per heavy atom.